The molecule has 0 N–H and O–H groups in total. The predicted octanol–water partition coefficient (Wildman–Crippen LogP) is 5.06. The molecule has 0 radical (unpaired) electrons. The molecule has 0 bridgehead atoms. The van der Waals surface area contributed by atoms with Gasteiger partial charge in [0.25, 0.3) is 0 Å². The quantitative estimate of drug-likeness (QED) is 0.704. The maximum Gasteiger partial charge on any atom is 0.376 e. The van der Waals surface area contributed by atoms with E-state index in [1.54, 1.807) is 19.1 Å². The van der Waals surface area contributed by atoms with E-state index in [1.165, 1.54) is 0 Å². The number of aromatic nitrogens is 1. The first-order chi connectivity index (χ1) is 9.93. The molecule has 0 saturated heterocycles. The van der Waals surface area contributed by atoms with Crippen LogP contribution in [0.1, 0.15) is 42.9 Å². The van der Waals surface area contributed by atoms with Crippen LogP contribution >= 0.6 is 27.5 Å². The summed E-state index contributed by atoms with van der Waals surface area (Å²) >= 11 is 9.41. The number of rotatable bonds is 4. The Morgan fingerprint density at radius 1 is 1.48 bits per heavy atom. The van der Waals surface area contributed by atoms with E-state index in [1.807, 2.05) is 19.9 Å². The highest BCUT2D eigenvalue weighted by atomic mass is 79.9. The van der Waals surface area contributed by atoms with Crippen molar-refractivity contribution in [3.05, 3.63) is 39.1 Å². The van der Waals surface area contributed by atoms with Crippen LogP contribution in [0, 0.1) is 0 Å². The van der Waals surface area contributed by atoms with Gasteiger partial charge >= 0.3 is 5.97 Å². The van der Waals surface area contributed by atoms with Crippen LogP contribution in [0.15, 0.2) is 27.1 Å². The molecule has 1 aromatic carbocycles. The standard InChI is InChI=1S/C15H15BrClNO3/c1-4-20-15(19)13-12(8(2)3)18-14(21-13)9-5-6-10(16)11(17)7-9/h5-8H,4H2,1-3H3. The lowest BCUT2D eigenvalue weighted by Gasteiger charge is -2.02. The van der Waals surface area contributed by atoms with Crippen molar-refractivity contribution in [1.29, 1.82) is 0 Å². The van der Waals surface area contributed by atoms with Crippen LogP contribution in [0.25, 0.3) is 11.5 Å². The first-order valence-electron chi connectivity index (χ1n) is 6.57. The minimum Gasteiger partial charge on any atom is -0.460 e. The van der Waals surface area contributed by atoms with E-state index in [4.69, 9.17) is 20.8 Å². The maximum absolute atomic E-state index is 11.9. The number of carbonyl (C=O) groups excluding carboxylic acids is 1. The molecule has 0 spiro atoms. The lowest BCUT2D eigenvalue weighted by atomic mass is 10.1. The molecule has 0 fully saturated rings. The van der Waals surface area contributed by atoms with Crippen molar-refractivity contribution in [2.45, 2.75) is 26.7 Å². The second kappa shape index (κ2) is 6.62. The lowest BCUT2D eigenvalue weighted by Crippen LogP contribution is -2.07. The number of halogens is 2. The number of carbonyl (C=O) groups is 1. The molecule has 0 saturated carbocycles. The third-order valence-corrected chi connectivity index (χ3v) is 4.06. The van der Waals surface area contributed by atoms with Gasteiger partial charge in [0.15, 0.2) is 0 Å². The monoisotopic (exact) mass is 371 g/mol. The van der Waals surface area contributed by atoms with Gasteiger partial charge in [-0.05, 0) is 47.0 Å². The second-order valence-electron chi connectivity index (χ2n) is 4.74. The van der Waals surface area contributed by atoms with Gasteiger partial charge in [-0.3, -0.25) is 0 Å². The predicted molar refractivity (Wildman–Crippen MR) is 84.7 cm³/mol. The average molecular weight is 373 g/mol. The van der Waals surface area contributed by atoms with Crippen molar-refractivity contribution in [2.24, 2.45) is 0 Å². The molecule has 0 aliphatic rings. The molecule has 0 unspecified atom stereocenters. The van der Waals surface area contributed by atoms with Crippen LogP contribution in [0.2, 0.25) is 5.02 Å². The Morgan fingerprint density at radius 3 is 2.76 bits per heavy atom. The van der Waals surface area contributed by atoms with E-state index >= 15 is 0 Å². The Hall–Kier alpha value is -1.33. The number of hydrogen-bond donors (Lipinski definition) is 0. The summed E-state index contributed by atoms with van der Waals surface area (Å²) in [4.78, 5) is 16.4. The third kappa shape index (κ3) is 3.47. The smallest absolute Gasteiger partial charge is 0.376 e. The Labute approximate surface area is 136 Å². The highest BCUT2D eigenvalue weighted by Gasteiger charge is 2.24. The fourth-order valence-corrected chi connectivity index (χ4v) is 2.25. The van der Waals surface area contributed by atoms with E-state index in [9.17, 15) is 4.79 Å². The molecule has 21 heavy (non-hydrogen) atoms. The largest absolute Gasteiger partial charge is 0.460 e. The first-order valence-corrected chi connectivity index (χ1v) is 7.74. The summed E-state index contributed by atoms with van der Waals surface area (Å²) in [5.74, 6) is 0.0630. The molecule has 6 heteroatoms. The summed E-state index contributed by atoms with van der Waals surface area (Å²) in [5, 5.41) is 0.550. The van der Waals surface area contributed by atoms with Crippen LogP contribution in [-0.2, 0) is 4.74 Å². The van der Waals surface area contributed by atoms with Crippen LogP contribution < -0.4 is 0 Å². The van der Waals surface area contributed by atoms with Gasteiger partial charge in [0.05, 0.1) is 17.3 Å². The number of ether oxygens (including phenoxy) is 1. The summed E-state index contributed by atoms with van der Waals surface area (Å²) in [6, 6.07) is 5.36. The van der Waals surface area contributed by atoms with Crippen molar-refractivity contribution >= 4 is 33.5 Å². The minimum absolute atomic E-state index is 0.0489. The molecular formula is C15H15BrClNO3. The zero-order valence-electron chi connectivity index (χ0n) is 11.9. The highest BCUT2D eigenvalue weighted by molar-refractivity contribution is 9.10. The number of esters is 1. The molecule has 2 rings (SSSR count). The van der Waals surface area contributed by atoms with Gasteiger partial charge in [0.1, 0.15) is 0 Å². The molecule has 2 aromatic rings. The molecule has 0 aliphatic carbocycles. The average Bonchev–Trinajstić information content (AvgIpc) is 2.87. The fourth-order valence-electron chi connectivity index (χ4n) is 1.82. The van der Waals surface area contributed by atoms with Gasteiger partial charge in [-0.2, -0.15) is 0 Å². The SMILES string of the molecule is CCOC(=O)c1oc(-c2ccc(Br)c(Cl)c2)nc1C(C)C. The molecule has 4 nitrogen and oxygen atoms in total. The van der Waals surface area contributed by atoms with Gasteiger partial charge in [-0.1, -0.05) is 25.4 Å². The number of benzene rings is 1. The van der Waals surface area contributed by atoms with Crippen molar-refractivity contribution in [2.75, 3.05) is 6.61 Å². The van der Waals surface area contributed by atoms with Crippen molar-refractivity contribution in [3.8, 4) is 11.5 Å². The Morgan fingerprint density at radius 2 is 2.19 bits per heavy atom. The minimum atomic E-state index is -0.497. The molecule has 1 aromatic heterocycles. The number of nitrogens with zero attached hydrogens (tertiary/aromatic N) is 1. The molecule has 0 aliphatic heterocycles. The van der Waals surface area contributed by atoms with Crippen LogP contribution in [0.3, 0.4) is 0 Å². The first kappa shape index (κ1) is 16.0. The van der Waals surface area contributed by atoms with Crippen LogP contribution in [-0.4, -0.2) is 17.6 Å². The Kier molecular flexibility index (Phi) is 5.06. The van der Waals surface area contributed by atoms with E-state index in [0.29, 0.717) is 22.2 Å². The van der Waals surface area contributed by atoms with Gasteiger partial charge in [-0.15, -0.1) is 0 Å². The molecule has 0 atom stereocenters. The maximum atomic E-state index is 11.9. The van der Waals surface area contributed by atoms with E-state index in [-0.39, 0.29) is 18.3 Å². The molecule has 1 heterocycles. The normalized spacial score (nSPS) is 11.0. The van der Waals surface area contributed by atoms with Crippen LogP contribution in [0.4, 0.5) is 0 Å². The third-order valence-electron chi connectivity index (χ3n) is 2.83. The zero-order valence-corrected chi connectivity index (χ0v) is 14.3. The Balaban J connectivity index is 2.48. The summed E-state index contributed by atoms with van der Waals surface area (Å²) < 4.78 is 11.4. The summed E-state index contributed by atoms with van der Waals surface area (Å²) in [5.41, 5.74) is 1.29. The number of hydrogen-bond acceptors (Lipinski definition) is 4. The summed E-state index contributed by atoms with van der Waals surface area (Å²) in [7, 11) is 0. The van der Waals surface area contributed by atoms with Gasteiger partial charge in [0, 0.05) is 10.0 Å². The van der Waals surface area contributed by atoms with Gasteiger partial charge in [0.2, 0.25) is 11.7 Å². The Bertz CT molecular complexity index is 667. The topological polar surface area (TPSA) is 52.3 Å². The molecule has 0 amide bonds. The number of oxazole rings is 1. The van der Waals surface area contributed by atoms with Gasteiger partial charge in [-0.25, -0.2) is 9.78 Å². The van der Waals surface area contributed by atoms with E-state index in [2.05, 4.69) is 20.9 Å². The van der Waals surface area contributed by atoms with Crippen molar-refractivity contribution < 1.29 is 13.9 Å². The zero-order chi connectivity index (χ0) is 15.6. The van der Waals surface area contributed by atoms with E-state index < -0.39 is 5.97 Å². The molecule has 112 valence electrons. The fraction of sp³-hybridized carbons (Fsp3) is 0.333. The molecular weight excluding hydrogens is 358 g/mol. The summed E-state index contributed by atoms with van der Waals surface area (Å²) in [6.07, 6.45) is 0. The van der Waals surface area contributed by atoms with Crippen molar-refractivity contribution in [3.63, 3.8) is 0 Å². The van der Waals surface area contributed by atoms with E-state index in [0.717, 1.165) is 4.47 Å². The highest BCUT2D eigenvalue weighted by Crippen LogP contribution is 2.31. The van der Waals surface area contributed by atoms with Gasteiger partial charge < -0.3 is 9.15 Å². The van der Waals surface area contributed by atoms with Crippen LogP contribution in [0.5, 0.6) is 0 Å². The van der Waals surface area contributed by atoms with Crippen molar-refractivity contribution in [1.82, 2.24) is 4.98 Å². The summed E-state index contributed by atoms with van der Waals surface area (Å²) in [6.45, 7) is 5.92. The lowest BCUT2D eigenvalue weighted by molar-refractivity contribution is 0.0488. The second-order valence-corrected chi connectivity index (χ2v) is 6.00.